The summed E-state index contributed by atoms with van der Waals surface area (Å²) in [7, 11) is 5.60. The number of nitrogens with zero attached hydrogens (tertiary/aromatic N) is 3. The third-order valence-electron chi connectivity index (χ3n) is 4.94. The Kier molecular flexibility index (Phi) is 8.05. The number of hydrogen-bond acceptors (Lipinski definition) is 7. The second kappa shape index (κ2) is 10.6. The molecule has 0 N–H and O–H groups in total. The molecule has 1 aliphatic rings. The Bertz CT molecular complexity index is 1090. The van der Waals surface area contributed by atoms with Gasteiger partial charge in [-0.05, 0) is 51.3 Å². The summed E-state index contributed by atoms with van der Waals surface area (Å²) in [5.41, 5.74) is 0.645. The molecule has 32 heavy (non-hydrogen) atoms. The fourth-order valence-corrected chi connectivity index (χ4v) is 4.67. The first-order valence-electron chi connectivity index (χ1n) is 9.95. The molecule has 0 saturated carbocycles. The SMILES string of the molecule is COc1ccc(Cl)c2sc(N(CCCN(C)C)C(=O)C3COc4ccccc4O3)nc12.Cl. The van der Waals surface area contributed by atoms with Crippen LogP contribution in [0.5, 0.6) is 17.2 Å². The average molecular weight is 498 g/mol. The van der Waals surface area contributed by atoms with Crippen LogP contribution in [-0.4, -0.2) is 62.8 Å². The van der Waals surface area contributed by atoms with Gasteiger partial charge in [0.1, 0.15) is 17.9 Å². The summed E-state index contributed by atoms with van der Waals surface area (Å²) >= 11 is 7.76. The molecule has 1 aliphatic heterocycles. The van der Waals surface area contributed by atoms with Crippen molar-refractivity contribution in [3.8, 4) is 17.2 Å². The van der Waals surface area contributed by atoms with Gasteiger partial charge in [-0.15, -0.1) is 12.4 Å². The average Bonchev–Trinajstić information content (AvgIpc) is 3.22. The van der Waals surface area contributed by atoms with E-state index in [4.69, 9.17) is 30.8 Å². The van der Waals surface area contributed by atoms with Gasteiger partial charge in [-0.3, -0.25) is 9.69 Å². The second-order valence-electron chi connectivity index (χ2n) is 7.43. The highest BCUT2D eigenvalue weighted by Crippen LogP contribution is 2.39. The quantitative estimate of drug-likeness (QED) is 0.478. The normalized spacial score (nSPS) is 14.8. The van der Waals surface area contributed by atoms with Crippen molar-refractivity contribution >= 4 is 56.6 Å². The number of anilines is 1. The Labute approximate surface area is 202 Å². The van der Waals surface area contributed by atoms with E-state index >= 15 is 0 Å². The number of thiazole rings is 1. The number of amides is 1. The molecular weight excluding hydrogens is 473 g/mol. The molecular formula is C22H25Cl2N3O4S. The van der Waals surface area contributed by atoms with Crippen molar-refractivity contribution in [2.75, 3.05) is 45.8 Å². The maximum Gasteiger partial charge on any atom is 0.273 e. The highest BCUT2D eigenvalue weighted by atomic mass is 35.5. The van der Waals surface area contributed by atoms with Crippen molar-refractivity contribution < 1.29 is 19.0 Å². The number of fused-ring (bicyclic) bond motifs is 2. The molecule has 1 amide bonds. The molecule has 2 aromatic carbocycles. The fraction of sp³-hybridized carbons (Fsp3) is 0.364. The van der Waals surface area contributed by atoms with Gasteiger partial charge in [0.25, 0.3) is 5.91 Å². The molecule has 3 aromatic rings. The van der Waals surface area contributed by atoms with Gasteiger partial charge in [0.2, 0.25) is 6.10 Å². The number of para-hydroxylation sites is 2. The molecule has 7 nitrogen and oxygen atoms in total. The third kappa shape index (κ3) is 5.04. The van der Waals surface area contributed by atoms with Crippen LogP contribution < -0.4 is 19.1 Å². The Morgan fingerprint density at radius 1 is 1.22 bits per heavy atom. The summed E-state index contributed by atoms with van der Waals surface area (Å²) in [5.74, 6) is 1.63. The monoisotopic (exact) mass is 497 g/mol. The number of halogens is 2. The zero-order valence-corrected chi connectivity index (χ0v) is 20.4. The Hall–Kier alpha value is -2.26. The summed E-state index contributed by atoms with van der Waals surface area (Å²) in [6.07, 6.45) is 0.0302. The topological polar surface area (TPSA) is 64.1 Å². The van der Waals surface area contributed by atoms with E-state index in [2.05, 4.69) is 4.90 Å². The Balaban J connectivity index is 0.00000289. The molecule has 172 valence electrons. The molecule has 10 heteroatoms. The molecule has 1 unspecified atom stereocenters. The van der Waals surface area contributed by atoms with E-state index in [9.17, 15) is 4.79 Å². The highest BCUT2D eigenvalue weighted by Gasteiger charge is 2.33. The summed E-state index contributed by atoms with van der Waals surface area (Å²) in [4.78, 5) is 22.0. The number of carbonyl (C=O) groups excluding carboxylic acids is 1. The largest absolute Gasteiger partial charge is 0.494 e. The molecule has 0 fully saturated rings. The van der Waals surface area contributed by atoms with Crippen LogP contribution in [0.4, 0.5) is 5.13 Å². The maximum atomic E-state index is 13.5. The first-order chi connectivity index (χ1) is 15.0. The lowest BCUT2D eigenvalue weighted by Gasteiger charge is -2.29. The number of rotatable bonds is 7. The van der Waals surface area contributed by atoms with Gasteiger partial charge in [0, 0.05) is 6.54 Å². The van der Waals surface area contributed by atoms with Gasteiger partial charge in [0.15, 0.2) is 16.6 Å². The Morgan fingerprint density at radius 3 is 2.69 bits per heavy atom. The van der Waals surface area contributed by atoms with Crippen molar-refractivity contribution in [2.45, 2.75) is 12.5 Å². The second-order valence-corrected chi connectivity index (χ2v) is 8.82. The highest BCUT2D eigenvalue weighted by molar-refractivity contribution is 7.23. The first kappa shape index (κ1) is 24.4. The van der Waals surface area contributed by atoms with Gasteiger partial charge in [0.05, 0.1) is 16.8 Å². The lowest BCUT2D eigenvalue weighted by molar-refractivity contribution is -0.127. The summed E-state index contributed by atoms with van der Waals surface area (Å²) < 4.78 is 17.9. The number of carbonyl (C=O) groups is 1. The number of hydrogen-bond donors (Lipinski definition) is 0. The maximum absolute atomic E-state index is 13.5. The minimum absolute atomic E-state index is 0. The summed E-state index contributed by atoms with van der Waals surface area (Å²) in [6, 6.07) is 10.9. The van der Waals surface area contributed by atoms with Crippen molar-refractivity contribution in [2.24, 2.45) is 0 Å². The van der Waals surface area contributed by atoms with Crippen LogP contribution in [0.25, 0.3) is 10.2 Å². The lowest BCUT2D eigenvalue weighted by atomic mass is 10.2. The van der Waals surface area contributed by atoms with Crippen LogP contribution >= 0.6 is 35.3 Å². The number of methoxy groups -OCH3 is 1. The predicted molar refractivity (Wildman–Crippen MR) is 130 cm³/mol. The zero-order valence-electron chi connectivity index (χ0n) is 18.0. The summed E-state index contributed by atoms with van der Waals surface area (Å²) in [5, 5.41) is 1.14. The van der Waals surface area contributed by atoms with E-state index in [1.165, 1.54) is 11.3 Å². The van der Waals surface area contributed by atoms with Crippen LogP contribution in [0.3, 0.4) is 0 Å². The molecule has 0 radical (unpaired) electrons. The van der Waals surface area contributed by atoms with E-state index < -0.39 is 6.10 Å². The standard InChI is InChI=1S/C22H24ClN3O4S.ClH/c1-25(2)11-6-12-26(21(27)18-13-29-15-7-4-5-8-16(15)30-18)22-24-19-17(28-3)10-9-14(23)20(19)31-22;/h4-5,7-10,18H,6,11-13H2,1-3H3;1H. The van der Waals surface area contributed by atoms with Crippen molar-refractivity contribution in [1.82, 2.24) is 9.88 Å². The predicted octanol–water partition coefficient (Wildman–Crippen LogP) is 4.50. The third-order valence-corrected chi connectivity index (χ3v) is 6.47. The Morgan fingerprint density at radius 2 is 1.97 bits per heavy atom. The molecule has 0 saturated heterocycles. The molecule has 1 atom stereocenters. The van der Waals surface area contributed by atoms with Crippen LogP contribution in [0.1, 0.15) is 6.42 Å². The molecule has 4 rings (SSSR count). The van der Waals surface area contributed by atoms with Crippen LogP contribution in [0, 0.1) is 0 Å². The minimum atomic E-state index is -0.751. The van der Waals surface area contributed by atoms with Crippen LogP contribution in [0.15, 0.2) is 36.4 Å². The van der Waals surface area contributed by atoms with Crippen LogP contribution in [0.2, 0.25) is 5.02 Å². The number of ether oxygens (including phenoxy) is 3. The van der Waals surface area contributed by atoms with Crippen molar-refractivity contribution in [1.29, 1.82) is 0 Å². The van der Waals surface area contributed by atoms with Gasteiger partial charge in [-0.2, -0.15) is 0 Å². The van der Waals surface area contributed by atoms with Crippen molar-refractivity contribution in [3.63, 3.8) is 0 Å². The minimum Gasteiger partial charge on any atom is -0.494 e. The smallest absolute Gasteiger partial charge is 0.273 e. The zero-order chi connectivity index (χ0) is 22.0. The van der Waals surface area contributed by atoms with Gasteiger partial charge < -0.3 is 19.1 Å². The molecule has 0 spiro atoms. The van der Waals surface area contributed by atoms with E-state index in [-0.39, 0.29) is 24.9 Å². The molecule has 0 bridgehead atoms. The summed E-state index contributed by atoms with van der Waals surface area (Å²) in [6.45, 7) is 1.48. The van der Waals surface area contributed by atoms with E-state index in [0.717, 1.165) is 17.7 Å². The fourth-order valence-electron chi connectivity index (χ4n) is 3.38. The number of aromatic nitrogens is 1. The van der Waals surface area contributed by atoms with Gasteiger partial charge in [-0.1, -0.05) is 35.1 Å². The molecule has 0 aliphatic carbocycles. The van der Waals surface area contributed by atoms with E-state index in [1.807, 2.05) is 32.3 Å². The van der Waals surface area contributed by atoms with Gasteiger partial charge >= 0.3 is 0 Å². The van der Waals surface area contributed by atoms with Crippen LogP contribution in [-0.2, 0) is 4.79 Å². The van der Waals surface area contributed by atoms with E-state index in [1.54, 1.807) is 30.2 Å². The lowest BCUT2D eigenvalue weighted by Crippen LogP contribution is -2.47. The van der Waals surface area contributed by atoms with Gasteiger partial charge in [-0.25, -0.2) is 4.98 Å². The number of benzene rings is 2. The first-order valence-corrected chi connectivity index (χ1v) is 11.1. The van der Waals surface area contributed by atoms with E-state index in [0.29, 0.717) is 39.5 Å². The molecule has 1 aromatic heterocycles. The molecule has 2 heterocycles. The van der Waals surface area contributed by atoms with Crippen molar-refractivity contribution in [3.05, 3.63) is 41.4 Å².